The number of nitrogen functional groups attached to an aromatic ring is 1. The highest BCUT2D eigenvalue weighted by molar-refractivity contribution is 5.37. The molecule has 0 aromatic carbocycles. The van der Waals surface area contributed by atoms with Crippen LogP contribution in [0.1, 0.15) is 18.5 Å². The van der Waals surface area contributed by atoms with Crippen LogP contribution >= 0.6 is 0 Å². The lowest BCUT2D eigenvalue weighted by atomic mass is 10.2. The zero-order valence-corrected chi connectivity index (χ0v) is 10.9. The third kappa shape index (κ3) is 3.21. The fourth-order valence-corrected chi connectivity index (χ4v) is 2.61. The highest BCUT2D eigenvalue weighted by Gasteiger charge is 2.26. The normalized spacial score (nSPS) is 22.2. The summed E-state index contributed by atoms with van der Waals surface area (Å²) in [5.41, 5.74) is 7.68. The van der Waals surface area contributed by atoms with E-state index in [1.165, 1.54) is 32.5 Å². The van der Waals surface area contributed by atoms with Crippen LogP contribution in [0.3, 0.4) is 0 Å². The molecule has 1 saturated heterocycles. The molecule has 2 fully saturated rings. The van der Waals surface area contributed by atoms with Gasteiger partial charge in [-0.25, -0.2) is 0 Å². The zero-order valence-electron chi connectivity index (χ0n) is 10.9. The van der Waals surface area contributed by atoms with Gasteiger partial charge in [0.2, 0.25) is 0 Å². The van der Waals surface area contributed by atoms with E-state index in [1.54, 1.807) is 6.20 Å². The van der Waals surface area contributed by atoms with Crippen LogP contribution < -0.4 is 5.73 Å². The molecule has 0 amide bonds. The summed E-state index contributed by atoms with van der Waals surface area (Å²) in [6, 6.07) is 3.83. The minimum Gasteiger partial charge on any atom is -0.399 e. The van der Waals surface area contributed by atoms with Crippen LogP contribution in [0.2, 0.25) is 0 Å². The molecule has 4 nitrogen and oxygen atoms in total. The molecule has 2 heterocycles. The molecule has 18 heavy (non-hydrogen) atoms. The highest BCUT2D eigenvalue weighted by Crippen LogP contribution is 2.29. The summed E-state index contributed by atoms with van der Waals surface area (Å²) in [6.45, 7) is 6.98. The van der Waals surface area contributed by atoms with Gasteiger partial charge < -0.3 is 10.6 Å². The van der Waals surface area contributed by atoms with Crippen LogP contribution in [0.25, 0.3) is 0 Å². The van der Waals surface area contributed by atoms with Gasteiger partial charge in [-0.05, 0) is 30.9 Å². The van der Waals surface area contributed by atoms with E-state index in [0.717, 1.165) is 36.9 Å². The van der Waals surface area contributed by atoms with E-state index in [-0.39, 0.29) is 0 Å². The Morgan fingerprint density at radius 1 is 1.17 bits per heavy atom. The Morgan fingerprint density at radius 3 is 2.56 bits per heavy atom. The summed E-state index contributed by atoms with van der Waals surface area (Å²) in [6.07, 6.45) is 4.70. The van der Waals surface area contributed by atoms with E-state index in [9.17, 15) is 0 Å². The lowest BCUT2D eigenvalue weighted by Crippen LogP contribution is -2.46. The number of aromatic nitrogens is 1. The van der Waals surface area contributed by atoms with Crippen molar-refractivity contribution in [2.45, 2.75) is 19.4 Å². The molecule has 0 atom stereocenters. The topological polar surface area (TPSA) is 45.4 Å². The van der Waals surface area contributed by atoms with Gasteiger partial charge in [-0.1, -0.05) is 0 Å². The molecule has 1 aromatic heterocycles. The van der Waals surface area contributed by atoms with Crippen molar-refractivity contribution in [3.8, 4) is 0 Å². The molecule has 1 aromatic rings. The van der Waals surface area contributed by atoms with Gasteiger partial charge in [-0.15, -0.1) is 0 Å². The number of hydrogen-bond donors (Lipinski definition) is 1. The summed E-state index contributed by atoms with van der Waals surface area (Å²) >= 11 is 0. The molecule has 2 N–H and O–H groups in total. The van der Waals surface area contributed by atoms with E-state index >= 15 is 0 Å². The van der Waals surface area contributed by atoms with Gasteiger partial charge in [0.1, 0.15) is 0 Å². The Morgan fingerprint density at radius 2 is 1.89 bits per heavy atom. The molecule has 2 aliphatic rings. The third-order valence-electron chi connectivity index (χ3n) is 3.90. The van der Waals surface area contributed by atoms with Crippen molar-refractivity contribution in [2.24, 2.45) is 5.92 Å². The maximum Gasteiger partial charge on any atom is 0.0564 e. The van der Waals surface area contributed by atoms with Crippen molar-refractivity contribution < 1.29 is 0 Å². The van der Waals surface area contributed by atoms with Crippen LogP contribution in [-0.2, 0) is 6.54 Å². The van der Waals surface area contributed by atoms with E-state index < -0.39 is 0 Å². The highest BCUT2D eigenvalue weighted by atomic mass is 15.3. The van der Waals surface area contributed by atoms with Gasteiger partial charge in [0.15, 0.2) is 0 Å². The SMILES string of the molecule is Nc1ccnc(CN2CCN(CC3CC3)CC2)c1. The van der Waals surface area contributed by atoms with Crippen LogP contribution in [0.4, 0.5) is 5.69 Å². The number of nitrogens with two attached hydrogens (primary N) is 1. The first-order chi connectivity index (χ1) is 8.79. The van der Waals surface area contributed by atoms with Crippen molar-refractivity contribution in [2.75, 3.05) is 38.5 Å². The standard InChI is InChI=1S/C14H22N4/c15-13-3-4-16-14(9-13)11-18-7-5-17(6-8-18)10-12-1-2-12/h3-4,9,12H,1-2,5-8,10-11H2,(H2,15,16). The molecule has 1 aliphatic carbocycles. The first kappa shape index (κ1) is 11.9. The monoisotopic (exact) mass is 246 g/mol. The summed E-state index contributed by atoms with van der Waals surface area (Å²) in [4.78, 5) is 9.47. The fraction of sp³-hybridized carbons (Fsp3) is 0.643. The van der Waals surface area contributed by atoms with Crippen LogP contribution in [0.5, 0.6) is 0 Å². The fourth-order valence-electron chi connectivity index (χ4n) is 2.61. The molecule has 1 aliphatic heterocycles. The lowest BCUT2D eigenvalue weighted by molar-refractivity contribution is 0.122. The Balaban J connectivity index is 1.47. The first-order valence-corrected chi connectivity index (χ1v) is 6.95. The predicted molar refractivity (Wildman–Crippen MR) is 73.1 cm³/mol. The zero-order chi connectivity index (χ0) is 12.4. The van der Waals surface area contributed by atoms with Gasteiger partial charge in [-0.2, -0.15) is 0 Å². The number of hydrogen-bond acceptors (Lipinski definition) is 4. The summed E-state index contributed by atoms with van der Waals surface area (Å²) < 4.78 is 0. The Kier molecular flexibility index (Phi) is 3.48. The maximum absolute atomic E-state index is 5.78. The molecule has 1 saturated carbocycles. The Labute approximate surface area is 109 Å². The largest absolute Gasteiger partial charge is 0.399 e. The molecule has 0 radical (unpaired) electrons. The molecule has 0 bridgehead atoms. The number of nitrogens with zero attached hydrogens (tertiary/aromatic N) is 3. The molecule has 0 unspecified atom stereocenters. The minimum atomic E-state index is 0.812. The van der Waals surface area contributed by atoms with Crippen molar-refractivity contribution in [3.05, 3.63) is 24.0 Å². The number of piperazine rings is 1. The van der Waals surface area contributed by atoms with Crippen LogP contribution in [-0.4, -0.2) is 47.5 Å². The van der Waals surface area contributed by atoms with E-state index in [0.29, 0.717) is 0 Å². The number of rotatable bonds is 4. The first-order valence-electron chi connectivity index (χ1n) is 6.95. The predicted octanol–water partition coefficient (Wildman–Crippen LogP) is 1.19. The number of anilines is 1. The second kappa shape index (κ2) is 5.24. The summed E-state index contributed by atoms with van der Waals surface area (Å²) in [7, 11) is 0. The van der Waals surface area contributed by atoms with Gasteiger partial charge in [0, 0.05) is 51.2 Å². The van der Waals surface area contributed by atoms with E-state index in [4.69, 9.17) is 5.73 Å². The molecular weight excluding hydrogens is 224 g/mol. The van der Waals surface area contributed by atoms with Crippen molar-refractivity contribution in [1.29, 1.82) is 0 Å². The Hall–Kier alpha value is -1.13. The summed E-state index contributed by atoms with van der Waals surface area (Å²) in [5.74, 6) is 1.01. The quantitative estimate of drug-likeness (QED) is 0.867. The molecule has 98 valence electrons. The molecular formula is C14H22N4. The van der Waals surface area contributed by atoms with Gasteiger partial charge >= 0.3 is 0 Å². The lowest BCUT2D eigenvalue weighted by Gasteiger charge is -2.34. The van der Waals surface area contributed by atoms with Crippen LogP contribution in [0, 0.1) is 5.92 Å². The third-order valence-corrected chi connectivity index (χ3v) is 3.90. The van der Waals surface area contributed by atoms with Crippen LogP contribution in [0.15, 0.2) is 18.3 Å². The molecule has 0 spiro atoms. The maximum atomic E-state index is 5.78. The number of pyridine rings is 1. The second-order valence-electron chi connectivity index (χ2n) is 5.60. The Bertz CT molecular complexity index is 395. The van der Waals surface area contributed by atoms with E-state index in [2.05, 4.69) is 14.8 Å². The van der Waals surface area contributed by atoms with Gasteiger partial charge in [0.05, 0.1) is 5.69 Å². The molecule has 4 heteroatoms. The average molecular weight is 246 g/mol. The van der Waals surface area contributed by atoms with E-state index in [1.807, 2.05) is 12.1 Å². The van der Waals surface area contributed by atoms with Crippen molar-refractivity contribution >= 4 is 5.69 Å². The summed E-state index contributed by atoms with van der Waals surface area (Å²) in [5, 5.41) is 0. The second-order valence-corrected chi connectivity index (χ2v) is 5.60. The molecule has 3 rings (SSSR count). The van der Waals surface area contributed by atoms with Gasteiger partial charge in [-0.3, -0.25) is 9.88 Å². The van der Waals surface area contributed by atoms with Crippen molar-refractivity contribution in [1.82, 2.24) is 14.8 Å². The smallest absolute Gasteiger partial charge is 0.0564 e. The minimum absolute atomic E-state index is 0.812. The van der Waals surface area contributed by atoms with Crippen molar-refractivity contribution in [3.63, 3.8) is 0 Å². The average Bonchev–Trinajstić information content (AvgIpc) is 3.16. The van der Waals surface area contributed by atoms with Gasteiger partial charge in [0.25, 0.3) is 0 Å².